The van der Waals surface area contributed by atoms with Gasteiger partial charge in [-0.15, -0.1) is 12.4 Å². The summed E-state index contributed by atoms with van der Waals surface area (Å²) in [6.07, 6.45) is -0.978. The molecule has 2 rings (SSSR count). The highest BCUT2D eigenvalue weighted by molar-refractivity contribution is 5.85. The van der Waals surface area contributed by atoms with Crippen LogP contribution in [0.4, 0.5) is 13.6 Å². The number of phenols is 2. The van der Waals surface area contributed by atoms with E-state index >= 15 is 0 Å². The molecule has 3 N–H and O–H groups in total. The third-order valence-electron chi connectivity index (χ3n) is 2.41. The number of benzene rings is 1. The molecular formula is C10H10ClF2NO4. The molecule has 0 bridgehead atoms. The van der Waals surface area contributed by atoms with Crippen molar-refractivity contribution >= 4 is 18.5 Å². The van der Waals surface area contributed by atoms with Gasteiger partial charge in [-0.05, 0) is 12.1 Å². The molecule has 0 aliphatic carbocycles. The van der Waals surface area contributed by atoms with Crippen molar-refractivity contribution in [3.05, 3.63) is 23.8 Å². The van der Waals surface area contributed by atoms with E-state index in [1.165, 1.54) is 0 Å². The zero-order chi connectivity index (χ0) is 12.6. The van der Waals surface area contributed by atoms with E-state index in [4.69, 9.17) is 5.11 Å². The van der Waals surface area contributed by atoms with Crippen molar-refractivity contribution in [2.45, 2.75) is 12.0 Å². The Kier molecular flexibility index (Phi) is 3.85. The van der Waals surface area contributed by atoms with E-state index in [9.17, 15) is 18.7 Å². The van der Waals surface area contributed by atoms with Gasteiger partial charge in [0.1, 0.15) is 17.5 Å². The Morgan fingerprint density at radius 1 is 1.39 bits per heavy atom. The Balaban J connectivity index is 0.00000162. The normalized spacial score (nSPS) is 21.4. The molecule has 0 radical (unpaired) electrons. The van der Waals surface area contributed by atoms with Crippen molar-refractivity contribution in [2.75, 3.05) is 6.61 Å². The minimum absolute atomic E-state index is 0. The lowest BCUT2D eigenvalue weighted by Gasteiger charge is -2.32. The smallest absolute Gasteiger partial charge is 0.408 e. The van der Waals surface area contributed by atoms with Gasteiger partial charge in [-0.1, -0.05) is 0 Å². The minimum Gasteiger partial charge on any atom is -0.508 e. The fourth-order valence-corrected chi connectivity index (χ4v) is 1.59. The number of rotatable bonds is 1. The molecule has 1 fully saturated rings. The quantitative estimate of drug-likeness (QED) is 0.735. The van der Waals surface area contributed by atoms with Crippen LogP contribution in [-0.4, -0.2) is 28.8 Å². The molecule has 1 heterocycles. The minimum atomic E-state index is -3.33. The first-order chi connectivity index (χ1) is 7.90. The topological polar surface area (TPSA) is 78.8 Å². The maximum Gasteiger partial charge on any atom is 0.408 e. The number of aromatic hydroxyl groups is 2. The second kappa shape index (κ2) is 4.85. The van der Waals surface area contributed by atoms with Gasteiger partial charge in [0.2, 0.25) is 0 Å². The summed E-state index contributed by atoms with van der Waals surface area (Å²) >= 11 is 0. The molecule has 1 saturated heterocycles. The van der Waals surface area contributed by atoms with Crippen molar-refractivity contribution in [1.29, 1.82) is 0 Å². The van der Waals surface area contributed by atoms with Crippen LogP contribution in [0.2, 0.25) is 0 Å². The highest BCUT2D eigenvalue weighted by atomic mass is 35.5. The van der Waals surface area contributed by atoms with E-state index in [1.54, 1.807) is 0 Å². The average molecular weight is 282 g/mol. The number of halogens is 3. The van der Waals surface area contributed by atoms with Crippen molar-refractivity contribution in [3.8, 4) is 11.5 Å². The third-order valence-corrected chi connectivity index (χ3v) is 2.41. The molecule has 18 heavy (non-hydrogen) atoms. The molecule has 1 aliphatic heterocycles. The van der Waals surface area contributed by atoms with Gasteiger partial charge < -0.3 is 20.3 Å². The number of cyclic esters (lactones) is 1. The number of phenolic OH excluding ortho intramolecular Hbond substituents is 2. The Morgan fingerprint density at radius 2 is 2.06 bits per heavy atom. The van der Waals surface area contributed by atoms with Crippen LogP contribution in [0.15, 0.2) is 18.2 Å². The Bertz CT molecular complexity index is 469. The number of carbonyl (C=O) groups is 1. The van der Waals surface area contributed by atoms with Gasteiger partial charge in [0.15, 0.2) is 6.61 Å². The van der Waals surface area contributed by atoms with E-state index in [-0.39, 0.29) is 23.7 Å². The number of hydrogen-bond acceptors (Lipinski definition) is 4. The summed E-state index contributed by atoms with van der Waals surface area (Å²) in [5.41, 5.74) is -0.176. The average Bonchev–Trinajstić information content (AvgIpc) is 2.23. The van der Waals surface area contributed by atoms with Crippen LogP contribution < -0.4 is 5.32 Å². The fraction of sp³-hybridized carbons (Fsp3) is 0.300. The van der Waals surface area contributed by atoms with Crippen LogP contribution in [0, 0.1) is 0 Å². The molecule has 0 saturated carbocycles. The fourth-order valence-electron chi connectivity index (χ4n) is 1.59. The molecule has 0 unspecified atom stereocenters. The number of alkyl halides is 2. The molecule has 8 heteroatoms. The molecule has 5 nitrogen and oxygen atoms in total. The maximum absolute atomic E-state index is 13.5. The summed E-state index contributed by atoms with van der Waals surface area (Å²) in [5, 5.41) is 20.5. The molecule has 1 aromatic rings. The van der Waals surface area contributed by atoms with Crippen molar-refractivity contribution in [2.24, 2.45) is 0 Å². The Hall–Kier alpha value is -1.76. The van der Waals surface area contributed by atoms with Crippen molar-refractivity contribution in [1.82, 2.24) is 5.32 Å². The molecule has 1 aliphatic rings. The zero-order valence-electron chi connectivity index (χ0n) is 8.89. The summed E-state index contributed by atoms with van der Waals surface area (Å²) < 4.78 is 31.2. The van der Waals surface area contributed by atoms with Crippen molar-refractivity contribution < 1.29 is 28.5 Å². The number of ether oxygens (including phenoxy) is 1. The van der Waals surface area contributed by atoms with Crippen LogP contribution in [0.1, 0.15) is 11.6 Å². The lowest BCUT2D eigenvalue weighted by atomic mass is 9.99. The van der Waals surface area contributed by atoms with Crippen molar-refractivity contribution in [3.63, 3.8) is 0 Å². The summed E-state index contributed by atoms with van der Waals surface area (Å²) in [6, 6.07) is 1.51. The molecule has 1 atom stereocenters. The first-order valence-electron chi connectivity index (χ1n) is 4.73. The Labute approximate surface area is 107 Å². The maximum atomic E-state index is 13.5. The summed E-state index contributed by atoms with van der Waals surface area (Å²) in [6.45, 7) is -1.05. The van der Waals surface area contributed by atoms with Crippen LogP contribution >= 0.6 is 12.4 Å². The zero-order valence-corrected chi connectivity index (χ0v) is 9.71. The van der Waals surface area contributed by atoms with Crippen LogP contribution in [0.25, 0.3) is 0 Å². The van der Waals surface area contributed by atoms with Gasteiger partial charge in [-0.25, -0.2) is 13.6 Å². The second-order valence-corrected chi connectivity index (χ2v) is 3.66. The van der Waals surface area contributed by atoms with Gasteiger partial charge in [-0.3, -0.25) is 0 Å². The largest absolute Gasteiger partial charge is 0.508 e. The molecular weight excluding hydrogens is 272 g/mol. The van der Waals surface area contributed by atoms with E-state index in [2.05, 4.69) is 4.74 Å². The molecule has 0 aromatic heterocycles. The van der Waals surface area contributed by atoms with Gasteiger partial charge in [0.25, 0.3) is 0 Å². The van der Waals surface area contributed by atoms with E-state index in [0.717, 1.165) is 18.2 Å². The van der Waals surface area contributed by atoms with Gasteiger partial charge >= 0.3 is 12.0 Å². The number of hydrogen-bond donors (Lipinski definition) is 3. The first-order valence-corrected chi connectivity index (χ1v) is 4.73. The predicted molar refractivity (Wildman–Crippen MR) is 59.2 cm³/mol. The third kappa shape index (κ3) is 2.56. The SMILES string of the molecule is Cl.O=C1N[C@@H](c2ccc(O)cc2O)C(F)(F)CO1. The monoisotopic (exact) mass is 281 g/mol. The van der Waals surface area contributed by atoms with Gasteiger partial charge in [-0.2, -0.15) is 0 Å². The highest BCUT2D eigenvalue weighted by Gasteiger charge is 2.47. The number of alkyl carbamates (subject to hydrolysis) is 1. The number of carbonyl (C=O) groups excluding carboxylic acids is 1. The molecule has 0 spiro atoms. The first kappa shape index (κ1) is 14.3. The van der Waals surface area contributed by atoms with E-state index in [1.807, 2.05) is 5.32 Å². The summed E-state index contributed by atoms with van der Waals surface area (Å²) in [4.78, 5) is 10.9. The second-order valence-electron chi connectivity index (χ2n) is 3.66. The number of nitrogens with one attached hydrogen (secondary N) is 1. The van der Waals surface area contributed by atoms with Gasteiger partial charge in [0.05, 0.1) is 0 Å². The van der Waals surface area contributed by atoms with Crippen LogP contribution in [-0.2, 0) is 4.74 Å². The van der Waals surface area contributed by atoms with E-state index in [0.29, 0.717) is 0 Å². The standard InChI is InChI=1S/C10H9F2NO4.ClH/c11-10(12)4-17-9(16)13-8(10)6-2-1-5(14)3-7(6)15;/h1-3,8,14-15H,4H2,(H,13,16);1H/t8-;/m0./s1. The van der Waals surface area contributed by atoms with Gasteiger partial charge in [0, 0.05) is 11.6 Å². The lowest BCUT2D eigenvalue weighted by Crippen LogP contribution is -2.49. The van der Waals surface area contributed by atoms with E-state index < -0.39 is 30.4 Å². The van der Waals surface area contributed by atoms with Crippen LogP contribution in [0.3, 0.4) is 0 Å². The lowest BCUT2D eigenvalue weighted by molar-refractivity contribution is -0.104. The van der Waals surface area contributed by atoms with Crippen LogP contribution in [0.5, 0.6) is 11.5 Å². The Morgan fingerprint density at radius 3 is 2.67 bits per heavy atom. The summed E-state index contributed by atoms with van der Waals surface area (Å²) in [7, 11) is 0. The number of amides is 1. The highest BCUT2D eigenvalue weighted by Crippen LogP contribution is 2.39. The molecule has 100 valence electrons. The molecule has 1 aromatic carbocycles. The summed E-state index contributed by atoms with van der Waals surface area (Å²) in [5.74, 6) is -4.10. The predicted octanol–water partition coefficient (Wildman–Crippen LogP) is 1.94. The molecule has 1 amide bonds.